The van der Waals surface area contributed by atoms with Crippen LogP contribution in [0.4, 0.5) is 0 Å². The second kappa shape index (κ2) is 5.53. The molecule has 4 rings (SSSR count). The molecule has 4 heterocycles. The molecule has 0 radical (unpaired) electrons. The molecule has 0 aliphatic carbocycles. The molecular formula is C17H19N5O. The van der Waals surface area contributed by atoms with Crippen LogP contribution in [0.1, 0.15) is 35.8 Å². The number of hydrogen-bond acceptors (Lipinski definition) is 3. The van der Waals surface area contributed by atoms with Crippen LogP contribution in [0.15, 0.2) is 36.7 Å². The minimum atomic E-state index is -0.106. The molecule has 0 bridgehead atoms. The summed E-state index contributed by atoms with van der Waals surface area (Å²) in [5.41, 5.74) is 3.90. The summed E-state index contributed by atoms with van der Waals surface area (Å²) in [6.07, 6.45) is 5.62. The van der Waals surface area contributed by atoms with Crippen molar-refractivity contribution in [2.75, 3.05) is 0 Å². The van der Waals surface area contributed by atoms with Crippen molar-refractivity contribution in [2.45, 2.75) is 38.8 Å². The molecule has 1 amide bonds. The van der Waals surface area contributed by atoms with Gasteiger partial charge in [0, 0.05) is 18.9 Å². The van der Waals surface area contributed by atoms with Crippen molar-refractivity contribution in [3.8, 4) is 0 Å². The summed E-state index contributed by atoms with van der Waals surface area (Å²) < 4.78 is 3.97. The minimum absolute atomic E-state index is 0.0664. The second-order valence-corrected chi connectivity index (χ2v) is 5.96. The summed E-state index contributed by atoms with van der Waals surface area (Å²) in [5, 5.41) is 7.35. The molecule has 0 saturated carbocycles. The first kappa shape index (κ1) is 14.0. The number of aryl methyl sites for hydroxylation is 2. The monoisotopic (exact) mass is 309 g/mol. The van der Waals surface area contributed by atoms with E-state index in [0.29, 0.717) is 6.54 Å². The van der Waals surface area contributed by atoms with Gasteiger partial charge < -0.3 is 9.72 Å². The van der Waals surface area contributed by atoms with Gasteiger partial charge in [-0.15, -0.1) is 0 Å². The second-order valence-electron chi connectivity index (χ2n) is 5.96. The van der Waals surface area contributed by atoms with Crippen LogP contribution in [-0.2, 0) is 17.9 Å². The van der Waals surface area contributed by atoms with Crippen LogP contribution < -0.4 is 5.32 Å². The van der Waals surface area contributed by atoms with Gasteiger partial charge in [-0.25, -0.2) is 4.98 Å². The Hall–Kier alpha value is -2.63. The largest absolute Gasteiger partial charge is 0.350 e. The third-order valence-corrected chi connectivity index (χ3v) is 4.54. The Labute approximate surface area is 134 Å². The molecule has 1 N–H and O–H groups in total. The quantitative estimate of drug-likeness (QED) is 0.805. The summed E-state index contributed by atoms with van der Waals surface area (Å²) in [6.45, 7) is 3.36. The van der Waals surface area contributed by atoms with Gasteiger partial charge in [0.15, 0.2) is 0 Å². The molecule has 0 aromatic carbocycles. The molecule has 6 heteroatoms. The van der Waals surface area contributed by atoms with E-state index < -0.39 is 0 Å². The summed E-state index contributed by atoms with van der Waals surface area (Å²) >= 11 is 0. The summed E-state index contributed by atoms with van der Waals surface area (Å²) in [4.78, 5) is 17.1. The molecule has 1 unspecified atom stereocenters. The van der Waals surface area contributed by atoms with Crippen LogP contribution in [-0.4, -0.2) is 25.1 Å². The van der Waals surface area contributed by atoms with Gasteiger partial charge in [-0.1, -0.05) is 6.07 Å². The van der Waals surface area contributed by atoms with Gasteiger partial charge in [0.1, 0.15) is 5.65 Å². The van der Waals surface area contributed by atoms with Gasteiger partial charge >= 0.3 is 0 Å². The minimum Gasteiger partial charge on any atom is -0.350 e. The maximum atomic E-state index is 12.6. The van der Waals surface area contributed by atoms with Crippen molar-refractivity contribution >= 4 is 11.6 Å². The maximum Gasteiger partial charge on any atom is 0.229 e. The van der Waals surface area contributed by atoms with Gasteiger partial charge in [0.2, 0.25) is 5.91 Å². The topological polar surface area (TPSA) is 64.2 Å². The maximum absolute atomic E-state index is 12.6. The molecule has 0 fully saturated rings. The molecule has 118 valence electrons. The Morgan fingerprint density at radius 2 is 2.30 bits per heavy atom. The molecule has 6 nitrogen and oxygen atoms in total. The molecule has 1 aliphatic heterocycles. The first-order chi connectivity index (χ1) is 11.2. The van der Waals surface area contributed by atoms with E-state index in [1.54, 1.807) is 6.20 Å². The fraction of sp³-hybridized carbons (Fsp3) is 0.353. The van der Waals surface area contributed by atoms with Crippen molar-refractivity contribution in [1.82, 2.24) is 24.5 Å². The Morgan fingerprint density at radius 1 is 1.39 bits per heavy atom. The van der Waals surface area contributed by atoms with E-state index in [1.807, 2.05) is 46.5 Å². The van der Waals surface area contributed by atoms with Gasteiger partial charge in [0.25, 0.3) is 0 Å². The van der Waals surface area contributed by atoms with Gasteiger partial charge in [0.05, 0.1) is 29.5 Å². The van der Waals surface area contributed by atoms with Crippen molar-refractivity contribution < 1.29 is 4.79 Å². The lowest BCUT2D eigenvalue weighted by Gasteiger charge is -2.22. The molecule has 1 aliphatic rings. The smallest absolute Gasteiger partial charge is 0.229 e. The van der Waals surface area contributed by atoms with E-state index >= 15 is 0 Å². The molecule has 0 spiro atoms. The number of pyridine rings is 1. The van der Waals surface area contributed by atoms with E-state index in [0.717, 1.165) is 42.1 Å². The third-order valence-electron chi connectivity index (χ3n) is 4.54. The lowest BCUT2D eigenvalue weighted by atomic mass is 9.95. The number of nitrogens with zero attached hydrogens (tertiary/aromatic N) is 4. The lowest BCUT2D eigenvalue weighted by Crippen LogP contribution is -2.33. The first-order valence-corrected chi connectivity index (χ1v) is 7.96. The molecule has 1 atom stereocenters. The molecule has 3 aromatic heterocycles. The number of carbonyl (C=O) groups excluding carboxylic acids is 1. The highest BCUT2D eigenvalue weighted by molar-refractivity contribution is 5.83. The predicted octanol–water partition coefficient (Wildman–Crippen LogP) is 2.03. The zero-order chi connectivity index (χ0) is 15.8. The highest BCUT2D eigenvalue weighted by atomic mass is 16.1. The van der Waals surface area contributed by atoms with E-state index in [4.69, 9.17) is 0 Å². The number of rotatable bonds is 3. The van der Waals surface area contributed by atoms with Crippen molar-refractivity contribution in [1.29, 1.82) is 0 Å². The van der Waals surface area contributed by atoms with Crippen LogP contribution >= 0.6 is 0 Å². The van der Waals surface area contributed by atoms with E-state index in [2.05, 4.69) is 15.4 Å². The van der Waals surface area contributed by atoms with E-state index in [9.17, 15) is 4.79 Å². The number of nitrogens with one attached hydrogen (secondary N) is 1. The predicted molar refractivity (Wildman–Crippen MR) is 86.0 cm³/mol. The Morgan fingerprint density at radius 3 is 3.22 bits per heavy atom. The van der Waals surface area contributed by atoms with E-state index in [1.165, 1.54) is 0 Å². The lowest BCUT2D eigenvalue weighted by molar-refractivity contribution is -0.123. The van der Waals surface area contributed by atoms with Gasteiger partial charge in [-0.05, 0) is 38.0 Å². The molecule has 0 saturated heterocycles. The SMILES string of the molecule is Cc1nc2ccccn2c1CNC(=O)C1CCCn2nccc21. The normalized spacial score (nSPS) is 17.2. The Balaban J connectivity index is 1.53. The van der Waals surface area contributed by atoms with Gasteiger partial charge in [-0.2, -0.15) is 5.10 Å². The number of hydrogen-bond donors (Lipinski definition) is 1. The zero-order valence-electron chi connectivity index (χ0n) is 13.1. The number of imidazole rings is 1. The first-order valence-electron chi connectivity index (χ1n) is 7.96. The van der Waals surface area contributed by atoms with Crippen LogP contribution in [0.25, 0.3) is 5.65 Å². The summed E-state index contributed by atoms with van der Waals surface area (Å²) in [5.74, 6) is -0.0394. The third kappa shape index (κ3) is 2.40. The number of aromatic nitrogens is 4. The number of fused-ring (bicyclic) bond motifs is 2. The summed E-state index contributed by atoms with van der Waals surface area (Å²) in [7, 11) is 0. The van der Waals surface area contributed by atoms with Crippen LogP contribution in [0.3, 0.4) is 0 Å². The Kier molecular flexibility index (Phi) is 3.37. The average molecular weight is 309 g/mol. The van der Waals surface area contributed by atoms with Crippen LogP contribution in [0.2, 0.25) is 0 Å². The van der Waals surface area contributed by atoms with Crippen LogP contribution in [0, 0.1) is 6.92 Å². The molecule has 3 aromatic rings. The average Bonchev–Trinajstić information content (AvgIpc) is 3.16. The van der Waals surface area contributed by atoms with E-state index in [-0.39, 0.29) is 11.8 Å². The highest BCUT2D eigenvalue weighted by Crippen LogP contribution is 2.26. The van der Waals surface area contributed by atoms with Crippen molar-refractivity contribution in [3.05, 3.63) is 53.7 Å². The zero-order valence-corrected chi connectivity index (χ0v) is 13.1. The number of amides is 1. The molecular weight excluding hydrogens is 290 g/mol. The fourth-order valence-electron chi connectivity index (χ4n) is 3.36. The van der Waals surface area contributed by atoms with Gasteiger partial charge in [-0.3, -0.25) is 9.48 Å². The van der Waals surface area contributed by atoms with Crippen LogP contribution in [0.5, 0.6) is 0 Å². The summed E-state index contributed by atoms with van der Waals surface area (Å²) in [6, 6.07) is 7.85. The number of carbonyl (C=O) groups is 1. The van der Waals surface area contributed by atoms with Crippen molar-refractivity contribution in [2.24, 2.45) is 0 Å². The Bertz CT molecular complexity index is 863. The molecule has 23 heavy (non-hydrogen) atoms. The van der Waals surface area contributed by atoms with Crippen molar-refractivity contribution in [3.63, 3.8) is 0 Å². The standard InChI is InChI=1S/C17H19N5O/c1-12-15(21-9-3-2-6-16(21)20-12)11-18-17(23)13-5-4-10-22-14(13)7-8-19-22/h2-3,6-9,13H,4-5,10-11H2,1H3,(H,18,23). The highest BCUT2D eigenvalue weighted by Gasteiger charge is 2.27. The fourth-order valence-corrected chi connectivity index (χ4v) is 3.36.